The Bertz CT molecular complexity index is 1870. The molecule has 1 heterocycles. The van der Waals surface area contributed by atoms with E-state index in [1.807, 2.05) is 55.6 Å². The van der Waals surface area contributed by atoms with E-state index in [0.29, 0.717) is 33.4 Å². The van der Waals surface area contributed by atoms with Crippen molar-refractivity contribution in [2.45, 2.75) is 30.4 Å². The first-order chi connectivity index (χ1) is 22.3. The highest BCUT2D eigenvalue weighted by Crippen LogP contribution is 2.30. The van der Waals surface area contributed by atoms with E-state index in [9.17, 15) is 14.4 Å². The molecule has 5 rings (SSSR count). The average Bonchev–Trinajstić information content (AvgIpc) is 3.52. The molecule has 1 unspecified atom stereocenters. The van der Waals surface area contributed by atoms with Crippen molar-refractivity contribution >= 4 is 69.3 Å². The first-order valence-electron chi connectivity index (χ1n) is 14.5. The van der Waals surface area contributed by atoms with Crippen LogP contribution < -0.4 is 16.0 Å². The normalized spacial score (nSPS) is 11.8. The fraction of sp³-hybridized carbons (Fsp3) is 0.111. The van der Waals surface area contributed by atoms with Crippen LogP contribution in [0, 0.1) is 6.92 Å². The number of rotatable bonds is 11. The van der Waals surface area contributed by atoms with Crippen molar-refractivity contribution in [3.05, 3.63) is 136 Å². The molecule has 0 saturated carbocycles. The van der Waals surface area contributed by atoms with Crippen molar-refractivity contribution in [3.8, 4) is 11.3 Å². The Morgan fingerprint density at radius 2 is 1.67 bits per heavy atom. The number of carbonyl (C=O) groups excluding carboxylic acids is 3. The zero-order valence-electron chi connectivity index (χ0n) is 25.1. The van der Waals surface area contributed by atoms with Crippen LogP contribution in [0.2, 0.25) is 5.02 Å². The first kappa shape index (κ1) is 32.7. The quantitative estimate of drug-likeness (QED) is 0.0967. The van der Waals surface area contributed by atoms with Crippen molar-refractivity contribution < 1.29 is 14.4 Å². The van der Waals surface area contributed by atoms with Crippen molar-refractivity contribution in [2.75, 3.05) is 10.6 Å². The maximum atomic E-state index is 13.5. The third-order valence-corrected chi connectivity index (χ3v) is 9.15. The molecule has 0 bridgehead atoms. The molecule has 4 aromatic carbocycles. The minimum atomic E-state index is -0.510. The smallest absolute Gasteiger partial charge is 0.272 e. The highest BCUT2D eigenvalue weighted by atomic mass is 35.5. The second-order valence-electron chi connectivity index (χ2n) is 10.3. The number of nitrogens with one attached hydrogen (secondary N) is 3. The van der Waals surface area contributed by atoms with Crippen LogP contribution in [0.25, 0.3) is 17.3 Å². The van der Waals surface area contributed by atoms with E-state index >= 15 is 0 Å². The van der Waals surface area contributed by atoms with Crippen LogP contribution in [0.5, 0.6) is 0 Å². The Labute approximate surface area is 281 Å². The molecule has 0 saturated heterocycles. The van der Waals surface area contributed by atoms with Gasteiger partial charge in [0.1, 0.15) is 5.70 Å². The molecule has 46 heavy (non-hydrogen) atoms. The highest BCUT2D eigenvalue weighted by Gasteiger charge is 2.20. The Hall–Kier alpha value is -4.70. The van der Waals surface area contributed by atoms with Gasteiger partial charge in [-0.15, -0.1) is 23.1 Å². The van der Waals surface area contributed by atoms with Crippen molar-refractivity contribution in [3.63, 3.8) is 0 Å². The first-order valence-corrected chi connectivity index (χ1v) is 16.7. The number of thiazole rings is 1. The molecule has 10 heteroatoms. The van der Waals surface area contributed by atoms with E-state index in [4.69, 9.17) is 11.6 Å². The van der Waals surface area contributed by atoms with Gasteiger partial charge in [0.05, 0.1) is 10.9 Å². The van der Waals surface area contributed by atoms with E-state index in [1.54, 1.807) is 72.8 Å². The van der Waals surface area contributed by atoms with Gasteiger partial charge >= 0.3 is 0 Å². The number of thioether (sulfide) groups is 1. The summed E-state index contributed by atoms with van der Waals surface area (Å²) in [5.74, 6) is -1.08. The van der Waals surface area contributed by atoms with E-state index < -0.39 is 11.8 Å². The standard InChI is InChI=1S/C36H31ClN4O3S2/c1-3-32(35(44)41-36-40-31(22-45-36)25-17-15-23(2)16-18-25)46-29-14-8-13-28(21-29)38-34(43)30(20-24-9-7-12-27(37)19-24)39-33(42)26-10-5-4-6-11-26/h4-22,32H,3H2,1-2H3,(H,38,43)(H,39,42)(H,40,41,44)/b30-20-. The Morgan fingerprint density at radius 1 is 0.913 bits per heavy atom. The van der Waals surface area contributed by atoms with Gasteiger partial charge < -0.3 is 16.0 Å². The van der Waals surface area contributed by atoms with Gasteiger partial charge in [0, 0.05) is 32.1 Å². The molecule has 0 fully saturated rings. The van der Waals surface area contributed by atoms with Gasteiger partial charge in [0.15, 0.2) is 5.13 Å². The highest BCUT2D eigenvalue weighted by molar-refractivity contribution is 8.00. The van der Waals surface area contributed by atoms with Crippen LogP contribution >= 0.6 is 34.7 Å². The van der Waals surface area contributed by atoms with Gasteiger partial charge in [-0.1, -0.05) is 84.8 Å². The summed E-state index contributed by atoms with van der Waals surface area (Å²) in [6, 6.07) is 31.0. The molecule has 0 radical (unpaired) electrons. The molecule has 0 aliphatic heterocycles. The Balaban J connectivity index is 1.27. The number of anilines is 2. The summed E-state index contributed by atoms with van der Waals surface area (Å²) >= 11 is 8.94. The monoisotopic (exact) mass is 666 g/mol. The van der Waals surface area contributed by atoms with Crippen LogP contribution in [0.1, 0.15) is 34.8 Å². The zero-order valence-corrected chi connectivity index (χ0v) is 27.5. The zero-order chi connectivity index (χ0) is 32.5. The number of aromatic nitrogens is 1. The van der Waals surface area contributed by atoms with Crippen molar-refractivity contribution in [1.29, 1.82) is 0 Å². The number of amides is 3. The molecular formula is C36H31ClN4O3S2. The maximum Gasteiger partial charge on any atom is 0.272 e. The van der Waals surface area contributed by atoms with Crippen LogP contribution in [0.15, 0.2) is 119 Å². The number of carbonyl (C=O) groups is 3. The lowest BCUT2D eigenvalue weighted by atomic mass is 10.1. The van der Waals surface area contributed by atoms with Crippen LogP contribution in [-0.2, 0) is 9.59 Å². The van der Waals surface area contributed by atoms with Gasteiger partial charge in [-0.25, -0.2) is 4.98 Å². The van der Waals surface area contributed by atoms with Gasteiger partial charge in [-0.2, -0.15) is 0 Å². The van der Waals surface area contributed by atoms with Crippen LogP contribution in [0.3, 0.4) is 0 Å². The number of hydrogen-bond donors (Lipinski definition) is 3. The van der Waals surface area contributed by atoms with Gasteiger partial charge in [-0.3, -0.25) is 14.4 Å². The predicted octanol–water partition coefficient (Wildman–Crippen LogP) is 8.69. The SMILES string of the molecule is CCC(Sc1cccc(NC(=O)/C(=C/c2cccc(Cl)c2)NC(=O)c2ccccc2)c1)C(=O)Nc1nc(-c2ccc(C)cc2)cs1. The van der Waals surface area contributed by atoms with E-state index in [-0.39, 0.29) is 16.9 Å². The lowest BCUT2D eigenvalue weighted by Gasteiger charge is -2.15. The molecule has 3 N–H and O–H groups in total. The second kappa shape index (κ2) is 15.5. The minimum Gasteiger partial charge on any atom is -0.321 e. The number of hydrogen-bond acceptors (Lipinski definition) is 6. The Morgan fingerprint density at radius 3 is 2.41 bits per heavy atom. The molecule has 0 aliphatic rings. The van der Waals surface area contributed by atoms with E-state index in [1.165, 1.54) is 28.7 Å². The molecule has 7 nitrogen and oxygen atoms in total. The summed E-state index contributed by atoms with van der Waals surface area (Å²) < 4.78 is 0. The third-order valence-electron chi connectivity index (χ3n) is 6.80. The van der Waals surface area contributed by atoms with Gasteiger partial charge in [0.2, 0.25) is 5.91 Å². The number of benzene rings is 4. The number of nitrogens with zero attached hydrogens (tertiary/aromatic N) is 1. The molecule has 232 valence electrons. The number of halogens is 1. The lowest BCUT2D eigenvalue weighted by Crippen LogP contribution is -2.30. The molecule has 3 amide bonds. The molecule has 1 atom stereocenters. The topological polar surface area (TPSA) is 100 Å². The number of aryl methyl sites for hydroxylation is 1. The van der Waals surface area contributed by atoms with Gasteiger partial charge in [-0.05, 0) is 67.4 Å². The predicted molar refractivity (Wildman–Crippen MR) is 189 cm³/mol. The largest absolute Gasteiger partial charge is 0.321 e. The van der Waals surface area contributed by atoms with Crippen LogP contribution in [-0.4, -0.2) is 28.0 Å². The second-order valence-corrected chi connectivity index (χ2v) is 12.9. The average molecular weight is 667 g/mol. The van der Waals surface area contributed by atoms with Gasteiger partial charge in [0.25, 0.3) is 11.8 Å². The maximum absolute atomic E-state index is 13.5. The molecule has 0 spiro atoms. The Kier molecular flexibility index (Phi) is 11.0. The van der Waals surface area contributed by atoms with Crippen molar-refractivity contribution in [2.24, 2.45) is 0 Å². The lowest BCUT2D eigenvalue weighted by molar-refractivity contribution is -0.116. The summed E-state index contributed by atoms with van der Waals surface area (Å²) in [5.41, 5.74) is 4.61. The molecule has 1 aromatic heterocycles. The van der Waals surface area contributed by atoms with Crippen LogP contribution in [0.4, 0.5) is 10.8 Å². The molecular weight excluding hydrogens is 636 g/mol. The molecule has 0 aliphatic carbocycles. The van der Waals surface area contributed by atoms with E-state index in [0.717, 1.165) is 16.2 Å². The minimum absolute atomic E-state index is 0.0495. The molecule has 5 aromatic rings. The fourth-order valence-electron chi connectivity index (χ4n) is 4.41. The van der Waals surface area contributed by atoms with Crippen molar-refractivity contribution in [1.82, 2.24) is 10.3 Å². The fourth-order valence-corrected chi connectivity index (χ4v) is 6.35. The third kappa shape index (κ3) is 8.94. The summed E-state index contributed by atoms with van der Waals surface area (Å²) in [6.07, 6.45) is 2.16. The van der Waals surface area contributed by atoms with E-state index in [2.05, 4.69) is 20.9 Å². The summed E-state index contributed by atoms with van der Waals surface area (Å²) in [6.45, 7) is 3.98. The summed E-state index contributed by atoms with van der Waals surface area (Å²) in [5, 5.41) is 11.2. The summed E-state index contributed by atoms with van der Waals surface area (Å²) in [7, 11) is 0. The summed E-state index contributed by atoms with van der Waals surface area (Å²) in [4.78, 5) is 45.1.